The number of aryl methyl sites for hydroxylation is 2. The summed E-state index contributed by atoms with van der Waals surface area (Å²) in [5.41, 5.74) is 2.68. The first kappa shape index (κ1) is 13.3. The van der Waals surface area contributed by atoms with Crippen molar-refractivity contribution in [3.05, 3.63) is 59.7 Å². The normalized spacial score (nSPS) is 10.9. The molecule has 0 radical (unpaired) electrons. The molecule has 94 valence electrons. The van der Waals surface area contributed by atoms with Crippen LogP contribution in [0, 0.1) is 13.8 Å². The summed E-state index contributed by atoms with van der Waals surface area (Å²) in [5.74, 6) is 0. The Morgan fingerprint density at radius 3 is 1.44 bits per heavy atom. The van der Waals surface area contributed by atoms with E-state index in [0.717, 1.165) is 0 Å². The summed E-state index contributed by atoms with van der Waals surface area (Å²) in [6.45, 7) is 6.58. The smallest absolute Gasteiger partial charge is 0.0195 e. The third-order valence-corrected chi connectivity index (χ3v) is 5.88. The van der Waals surface area contributed by atoms with Crippen molar-refractivity contribution in [2.45, 2.75) is 27.2 Å². The van der Waals surface area contributed by atoms with E-state index < -0.39 is 0 Å². The SMILES string of the molecule is CCCP(c1ccc(C)cc1)c1ccc(C)cc1. The molecule has 2 rings (SSSR count). The van der Waals surface area contributed by atoms with Gasteiger partial charge in [0.05, 0.1) is 0 Å². The van der Waals surface area contributed by atoms with Crippen LogP contribution >= 0.6 is 7.92 Å². The van der Waals surface area contributed by atoms with Gasteiger partial charge >= 0.3 is 0 Å². The number of hydrogen-bond donors (Lipinski definition) is 0. The van der Waals surface area contributed by atoms with Crippen LogP contribution in [0.1, 0.15) is 24.5 Å². The van der Waals surface area contributed by atoms with Gasteiger partial charge in [-0.05, 0) is 38.5 Å². The Balaban J connectivity index is 2.33. The van der Waals surface area contributed by atoms with Crippen molar-refractivity contribution in [3.63, 3.8) is 0 Å². The van der Waals surface area contributed by atoms with Gasteiger partial charge in [0.15, 0.2) is 0 Å². The van der Waals surface area contributed by atoms with Crippen molar-refractivity contribution in [1.82, 2.24) is 0 Å². The number of rotatable bonds is 4. The highest BCUT2D eigenvalue weighted by Crippen LogP contribution is 2.34. The predicted octanol–water partition coefficient (Wildman–Crippen LogP) is 4.15. The van der Waals surface area contributed by atoms with Crippen molar-refractivity contribution in [1.29, 1.82) is 0 Å². The van der Waals surface area contributed by atoms with E-state index in [-0.39, 0.29) is 7.92 Å². The third kappa shape index (κ3) is 3.21. The van der Waals surface area contributed by atoms with Crippen LogP contribution in [0.2, 0.25) is 0 Å². The minimum atomic E-state index is -0.176. The minimum absolute atomic E-state index is 0.176. The van der Waals surface area contributed by atoms with Gasteiger partial charge in [0.25, 0.3) is 0 Å². The topological polar surface area (TPSA) is 0 Å². The zero-order chi connectivity index (χ0) is 13.0. The average molecular weight is 256 g/mol. The molecule has 0 saturated carbocycles. The summed E-state index contributed by atoms with van der Waals surface area (Å²) in [7, 11) is -0.176. The van der Waals surface area contributed by atoms with Gasteiger partial charge in [0, 0.05) is 0 Å². The molecular weight excluding hydrogens is 235 g/mol. The Labute approximate surface area is 112 Å². The highest BCUT2D eigenvalue weighted by Gasteiger charge is 2.12. The van der Waals surface area contributed by atoms with Gasteiger partial charge in [-0.1, -0.05) is 73.0 Å². The Hall–Kier alpha value is -1.13. The lowest BCUT2D eigenvalue weighted by atomic mass is 10.2. The maximum absolute atomic E-state index is 2.30. The van der Waals surface area contributed by atoms with Crippen molar-refractivity contribution in [2.24, 2.45) is 0 Å². The Kier molecular flexibility index (Phi) is 4.55. The molecule has 0 bridgehead atoms. The molecular formula is C17H21P. The van der Waals surface area contributed by atoms with E-state index in [0.29, 0.717) is 0 Å². The highest BCUT2D eigenvalue weighted by molar-refractivity contribution is 7.73. The molecule has 0 unspecified atom stereocenters. The largest absolute Gasteiger partial charge is 0.0650 e. The molecule has 0 fully saturated rings. The first-order valence-electron chi connectivity index (χ1n) is 6.61. The Bertz CT molecular complexity index is 437. The predicted molar refractivity (Wildman–Crippen MR) is 83.7 cm³/mol. The molecule has 0 spiro atoms. The van der Waals surface area contributed by atoms with E-state index in [1.807, 2.05) is 0 Å². The fourth-order valence-corrected chi connectivity index (χ4v) is 4.36. The third-order valence-electron chi connectivity index (χ3n) is 3.14. The van der Waals surface area contributed by atoms with Gasteiger partial charge in [0.1, 0.15) is 0 Å². The van der Waals surface area contributed by atoms with Crippen LogP contribution in [-0.4, -0.2) is 6.16 Å². The van der Waals surface area contributed by atoms with Gasteiger partial charge in [0.2, 0.25) is 0 Å². The van der Waals surface area contributed by atoms with Gasteiger partial charge in [-0.2, -0.15) is 0 Å². The van der Waals surface area contributed by atoms with Crippen LogP contribution in [0.15, 0.2) is 48.5 Å². The van der Waals surface area contributed by atoms with E-state index in [4.69, 9.17) is 0 Å². The molecule has 18 heavy (non-hydrogen) atoms. The monoisotopic (exact) mass is 256 g/mol. The number of hydrogen-bond acceptors (Lipinski definition) is 0. The summed E-state index contributed by atoms with van der Waals surface area (Å²) in [4.78, 5) is 0. The van der Waals surface area contributed by atoms with Crippen molar-refractivity contribution >= 4 is 18.5 Å². The quantitative estimate of drug-likeness (QED) is 0.721. The molecule has 0 heterocycles. The molecule has 0 saturated heterocycles. The second-order valence-electron chi connectivity index (χ2n) is 4.82. The van der Waals surface area contributed by atoms with Gasteiger partial charge in [-0.15, -0.1) is 0 Å². The average Bonchev–Trinajstić information content (AvgIpc) is 2.39. The first-order valence-corrected chi connectivity index (χ1v) is 8.14. The van der Waals surface area contributed by atoms with E-state index >= 15 is 0 Å². The zero-order valence-electron chi connectivity index (χ0n) is 11.5. The lowest BCUT2D eigenvalue weighted by Crippen LogP contribution is -2.13. The van der Waals surface area contributed by atoms with Crippen LogP contribution in [0.3, 0.4) is 0 Å². The van der Waals surface area contributed by atoms with Crippen LogP contribution in [0.25, 0.3) is 0 Å². The Morgan fingerprint density at radius 2 is 1.11 bits per heavy atom. The summed E-state index contributed by atoms with van der Waals surface area (Å²) in [5, 5.41) is 3.00. The number of benzene rings is 2. The molecule has 2 aromatic rings. The molecule has 0 nitrogen and oxygen atoms in total. The maximum atomic E-state index is 2.30. The van der Waals surface area contributed by atoms with E-state index in [1.165, 1.54) is 34.3 Å². The highest BCUT2D eigenvalue weighted by atomic mass is 31.1. The van der Waals surface area contributed by atoms with Crippen molar-refractivity contribution in [3.8, 4) is 0 Å². The van der Waals surface area contributed by atoms with Crippen LogP contribution in [0.4, 0.5) is 0 Å². The van der Waals surface area contributed by atoms with Gasteiger partial charge in [-0.3, -0.25) is 0 Å². The lowest BCUT2D eigenvalue weighted by molar-refractivity contribution is 1.10. The summed E-state index contributed by atoms with van der Waals surface area (Å²) >= 11 is 0. The van der Waals surface area contributed by atoms with Crippen LogP contribution in [-0.2, 0) is 0 Å². The molecule has 0 aliphatic heterocycles. The standard InChI is InChI=1S/C17H21P/c1-4-13-18(16-9-5-14(2)6-10-16)17-11-7-15(3)8-12-17/h5-12H,4,13H2,1-3H3. The second-order valence-corrected chi connectivity index (χ2v) is 7.16. The lowest BCUT2D eigenvalue weighted by Gasteiger charge is -2.18. The fourth-order valence-electron chi connectivity index (χ4n) is 2.08. The second kappa shape index (κ2) is 6.16. The van der Waals surface area contributed by atoms with Crippen LogP contribution in [0.5, 0.6) is 0 Å². The summed E-state index contributed by atoms with van der Waals surface area (Å²) < 4.78 is 0. The Morgan fingerprint density at radius 1 is 0.722 bits per heavy atom. The van der Waals surface area contributed by atoms with Crippen LogP contribution < -0.4 is 10.6 Å². The molecule has 1 heteroatoms. The molecule has 2 aromatic carbocycles. The van der Waals surface area contributed by atoms with Crippen molar-refractivity contribution < 1.29 is 0 Å². The summed E-state index contributed by atoms with van der Waals surface area (Å²) in [6.07, 6.45) is 2.52. The molecule has 0 amide bonds. The molecule has 0 atom stereocenters. The summed E-state index contributed by atoms with van der Waals surface area (Å²) in [6, 6.07) is 18.1. The first-order chi connectivity index (χ1) is 8.70. The van der Waals surface area contributed by atoms with E-state index in [2.05, 4.69) is 69.3 Å². The minimum Gasteiger partial charge on any atom is -0.0650 e. The van der Waals surface area contributed by atoms with Gasteiger partial charge < -0.3 is 0 Å². The van der Waals surface area contributed by atoms with E-state index in [9.17, 15) is 0 Å². The molecule has 0 aromatic heterocycles. The molecule has 0 aliphatic rings. The molecule has 0 aliphatic carbocycles. The molecule has 0 N–H and O–H groups in total. The van der Waals surface area contributed by atoms with Crippen molar-refractivity contribution in [2.75, 3.05) is 6.16 Å². The maximum Gasteiger partial charge on any atom is -0.0195 e. The van der Waals surface area contributed by atoms with E-state index in [1.54, 1.807) is 0 Å². The van der Waals surface area contributed by atoms with Gasteiger partial charge in [-0.25, -0.2) is 0 Å². The fraction of sp³-hybridized carbons (Fsp3) is 0.294. The zero-order valence-corrected chi connectivity index (χ0v) is 12.4.